The van der Waals surface area contributed by atoms with E-state index in [-0.39, 0.29) is 11.6 Å². The fourth-order valence-corrected chi connectivity index (χ4v) is 3.67. The van der Waals surface area contributed by atoms with Crippen molar-refractivity contribution in [2.24, 2.45) is 0 Å². The Balaban J connectivity index is 1.50. The van der Waals surface area contributed by atoms with E-state index in [9.17, 15) is 4.39 Å². The fourth-order valence-electron chi connectivity index (χ4n) is 3.67. The van der Waals surface area contributed by atoms with Gasteiger partial charge in [-0.15, -0.1) is 0 Å². The van der Waals surface area contributed by atoms with Crippen molar-refractivity contribution in [3.8, 4) is 23.0 Å². The van der Waals surface area contributed by atoms with Gasteiger partial charge in [0, 0.05) is 28.7 Å². The van der Waals surface area contributed by atoms with E-state index in [4.69, 9.17) is 9.15 Å². The third kappa shape index (κ3) is 3.64. The van der Waals surface area contributed by atoms with Gasteiger partial charge >= 0.3 is 0 Å². The van der Waals surface area contributed by atoms with Gasteiger partial charge in [-0.25, -0.2) is 14.4 Å². The number of rotatable bonds is 5. The highest BCUT2D eigenvalue weighted by molar-refractivity contribution is 5.85. The molecule has 156 valence electrons. The van der Waals surface area contributed by atoms with Crippen LogP contribution in [0.15, 0.2) is 59.3 Å². The number of nitrogens with one attached hydrogen (secondary N) is 1. The van der Waals surface area contributed by atoms with Crippen LogP contribution in [0.3, 0.4) is 0 Å². The molecule has 3 aromatic heterocycles. The molecule has 6 nitrogen and oxygen atoms in total. The zero-order chi connectivity index (χ0) is 21.5. The molecule has 0 atom stereocenters. The molecule has 0 radical (unpaired) electrons. The number of ether oxygens (including phenoxy) is 1. The zero-order valence-electron chi connectivity index (χ0n) is 17.4. The van der Waals surface area contributed by atoms with E-state index in [0.29, 0.717) is 22.2 Å². The average Bonchev–Trinajstić information content (AvgIpc) is 3.34. The number of aromatic amines is 1. The molecule has 1 N–H and O–H groups in total. The zero-order valence-corrected chi connectivity index (χ0v) is 17.4. The molecule has 0 bridgehead atoms. The van der Waals surface area contributed by atoms with Gasteiger partial charge in [-0.2, -0.15) is 0 Å². The summed E-state index contributed by atoms with van der Waals surface area (Å²) in [7, 11) is 4.07. The summed E-state index contributed by atoms with van der Waals surface area (Å²) in [5.41, 5.74) is 4.11. The van der Waals surface area contributed by atoms with Crippen molar-refractivity contribution >= 4 is 22.0 Å². The first-order chi connectivity index (χ1) is 15.0. The average molecular weight is 416 g/mol. The lowest BCUT2D eigenvalue weighted by molar-refractivity contribution is 0.402. The number of benzene rings is 2. The highest BCUT2D eigenvalue weighted by atomic mass is 19.1. The van der Waals surface area contributed by atoms with Crippen LogP contribution in [0, 0.1) is 12.7 Å². The van der Waals surface area contributed by atoms with Gasteiger partial charge in [0.1, 0.15) is 17.5 Å². The standard InChI is InChI=1S/C24H21FN4O2/c1-14-10-17-19(28-14)8-9-20(22(17)25)30-23-18-11-21(31-24(18)27-13-26-23)16-6-4-15(5-7-16)12-29(2)3/h4-11,13,28H,12H2,1-3H3. The van der Waals surface area contributed by atoms with Crippen LogP contribution in [0.4, 0.5) is 4.39 Å². The van der Waals surface area contributed by atoms with Gasteiger partial charge in [0.25, 0.3) is 0 Å². The lowest BCUT2D eigenvalue weighted by Crippen LogP contribution is -2.10. The Bertz CT molecular complexity index is 1390. The van der Waals surface area contributed by atoms with Crippen molar-refractivity contribution < 1.29 is 13.5 Å². The Morgan fingerprint density at radius 3 is 2.61 bits per heavy atom. The maximum absolute atomic E-state index is 15.0. The number of furan rings is 1. The van der Waals surface area contributed by atoms with Gasteiger partial charge in [-0.05, 0) is 50.8 Å². The quantitative estimate of drug-likeness (QED) is 0.400. The number of hydrogen-bond donors (Lipinski definition) is 1. The van der Waals surface area contributed by atoms with Gasteiger partial charge < -0.3 is 19.0 Å². The van der Waals surface area contributed by atoms with Crippen LogP contribution in [-0.2, 0) is 6.54 Å². The Labute approximate surface area is 178 Å². The van der Waals surface area contributed by atoms with Gasteiger partial charge in [0.2, 0.25) is 11.6 Å². The van der Waals surface area contributed by atoms with E-state index in [2.05, 4.69) is 32.0 Å². The summed E-state index contributed by atoms with van der Waals surface area (Å²) in [5.74, 6) is 0.555. The summed E-state index contributed by atoms with van der Waals surface area (Å²) in [6, 6.07) is 15.1. The maximum atomic E-state index is 15.0. The molecule has 0 aliphatic rings. The molecule has 0 aliphatic carbocycles. The predicted octanol–water partition coefficient (Wildman–Crippen LogP) is 5.67. The number of nitrogens with zero attached hydrogens (tertiary/aromatic N) is 3. The van der Waals surface area contributed by atoms with Crippen LogP contribution >= 0.6 is 0 Å². The molecule has 7 heteroatoms. The van der Waals surface area contributed by atoms with E-state index in [1.165, 1.54) is 11.9 Å². The van der Waals surface area contributed by atoms with Gasteiger partial charge in [0.05, 0.1) is 0 Å². The molecule has 5 rings (SSSR count). The van der Waals surface area contributed by atoms with Crippen molar-refractivity contribution in [1.82, 2.24) is 19.9 Å². The Morgan fingerprint density at radius 2 is 1.84 bits per heavy atom. The Hall–Kier alpha value is -3.71. The molecule has 0 fully saturated rings. The highest BCUT2D eigenvalue weighted by Crippen LogP contribution is 2.35. The molecule has 0 unspecified atom stereocenters. The van der Waals surface area contributed by atoms with E-state index in [0.717, 1.165) is 23.3 Å². The van der Waals surface area contributed by atoms with Crippen LogP contribution in [0.1, 0.15) is 11.3 Å². The largest absolute Gasteiger partial charge is 0.437 e. The maximum Gasteiger partial charge on any atom is 0.233 e. The lowest BCUT2D eigenvalue weighted by atomic mass is 10.1. The highest BCUT2D eigenvalue weighted by Gasteiger charge is 2.17. The number of halogens is 1. The molecule has 0 amide bonds. The van der Waals surface area contributed by atoms with Gasteiger partial charge in [-0.1, -0.05) is 24.3 Å². The second kappa shape index (κ2) is 7.52. The van der Waals surface area contributed by atoms with E-state index in [1.54, 1.807) is 18.2 Å². The van der Waals surface area contributed by atoms with Crippen LogP contribution in [0.25, 0.3) is 33.3 Å². The number of fused-ring (bicyclic) bond motifs is 2. The molecule has 0 saturated heterocycles. The minimum atomic E-state index is -0.436. The summed E-state index contributed by atoms with van der Waals surface area (Å²) in [4.78, 5) is 13.6. The number of aryl methyl sites for hydroxylation is 1. The summed E-state index contributed by atoms with van der Waals surface area (Å²) in [6.45, 7) is 2.74. The predicted molar refractivity (Wildman–Crippen MR) is 118 cm³/mol. The molecule has 0 spiro atoms. The van der Waals surface area contributed by atoms with Gasteiger partial charge in [-0.3, -0.25) is 0 Å². The smallest absolute Gasteiger partial charge is 0.233 e. The SMILES string of the molecule is Cc1cc2c(F)c(Oc3ncnc4oc(-c5ccc(CN(C)C)cc5)cc34)ccc2[nH]1. The van der Waals surface area contributed by atoms with E-state index in [1.807, 2.05) is 39.2 Å². The normalized spacial score (nSPS) is 11.6. The molecular weight excluding hydrogens is 395 g/mol. The fraction of sp³-hybridized carbons (Fsp3) is 0.167. The number of H-pyrrole nitrogens is 1. The summed E-state index contributed by atoms with van der Waals surface area (Å²) in [6.07, 6.45) is 1.35. The molecule has 2 aromatic carbocycles. The van der Waals surface area contributed by atoms with Crippen LogP contribution in [0.2, 0.25) is 0 Å². The molecule has 5 aromatic rings. The molecule has 0 aliphatic heterocycles. The van der Waals surface area contributed by atoms with Crippen molar-refractivity contribution in [2.75, 3.05) is 14.1 Å². The molecule has 31 heavy (non-hydrogen) atoms. The third-order valence-electron chi connectivity index (χ3n) is 5.07. The van der Waals surface area contributed by atoms with Crippen molar-refractivity contribution in [2.45, 2.75) is 13.5 Å². The topological polar surface area (TPSA) is 67.2 Å². The summed E-state index contributed by atoms with van der Waals surface area (Å²) in [5, 5.41) is 1.06. The first kappa shape index (κ1) is 19.3. The van der Waals surface area contributed by atoms with Crippen LogP contribution in [0.5, 0.6) is 11.6 Å². The minimum Gasteiger partial charge on any atom is -0.437 e. The minimum absolute atomic E-state index is 0.0993. The van der Waals surface area contributed by atoms with Crippen molar-refractivity contribution in [3.63, 3.8) is 0 Å². The Kier molecular flexibility index (Phi) is 4.67. The molecule has 3 heterocycles. The van der Waals surface area contributed by atoms with Crippen molar-refractivity contribution in [3.05, 3.63) is 71.9 Å². The first-order valence-electron chi connectivity index (χ1n) is 9.92. The molecular formula is C24H21FN4O2. The summed E-state index contributed by atoms with van der Waals surface area (Å²) < 4.78 is 26.7. The monoisotopic (exact) mass is 416 g/mol. The Morgan fingerprint density at radius 1 is 1.03 bits per heavy atom. The second-order valence-corrected chi connectivity index (χ2v) is 7.84. The van der Waals surface area contributed by atoms with E-state index < -0.39 is 5.82 Å². The number of aromatic nitrogens is 3. The van der Waals surface area contributed by atoms with Crippen LogP contribution in [-0.4, -0.2) is 33.9 Å². The number of hydrogen-bond acceptors (Lipinski definition) is 5. The van der Waals surface area contributed by atoms with Crippen molar-refractivity contribution in [1.29, 1.82) is 0 Å². The third-order valence-corrected chi connectivity index (χ3v) is 5.07. The molecule has 0 saturated carbocycles. The van der Waals surface area contributed by atoms with Crippen LogP contribution < -0.4 is 4.74 Å². The van der Waals surface area contributed by atoms with E-state index >= 15 is 0 Å². The second-order valence-electron chi connectivity index (χ2n) is 7.84. The first-order valence-corrected chi connectivity index (χ1v) is 9.92. The van der Waals surface area contributed by atoms with Gasteiger partial charge in [0.15, 0.2) is 11.6 Å². The summed E-state index contributed by atoms with van der Waals surface area (Å²) >= 11 is 0. The lowest BCUT2D eigenvalue weighted by Gasteiger charge is -2.09.